The molecule has 0 unspecified atom stereocenters. The third-order valence-electron chi connectivity index (χ3n) is 3.76. The fourth-order valence-electron chi connectivity index (χ4n) is 2.54. The lowest BCUT2D eigenvalue weighted by atomic mass is 10.2. The van der Waals surface area contributed by atoms with Crippen molar-refractivity contribution in [3.05, 3.63) is 71.4 Å². The van der Waals surface area contributed by atoms with Crippen molar-refractivity contribution in [3.63, 3.8) is 0 Å². The molecular formula is C20H20N2O2S. The molecular weight excluding hydrogens is 332 g/mol. The molecule has 1 heterocycles. The Bertz CT molecular complexity index is 843. The number of ether oxygens (including phenoxy) is 1. The van der Waals surface area contributed by atoms with Crippen LogP contribution in [0.15, 0.2) is 65.3 Å². The Labute approximate surface area is 152 Å². The number of nitrogens with one attached hydrogen (secondary N) is 1. The average Bonchev–Trinajstić information content (AvgIpc) is 2.78. The standard InChI is InChI=1S/C20H20N2O2S/c1-14-6-5-7-15(10-14)13-25-19-11-16(12-20(23)24-2)21-17-8-3-4-9-18(17)22-19/h3-11,21H,12-13H2,1-2H3. The van der Waals surface area contributed by atoms with Crippen LogP contribution < -0.4 is 5.32 Å². The number of hydrogen-bond acceptors (Lipinski definition) is 5. The van der Waals surface area contributed by atoms with E-state index in [2.05, 4.69) is 36.5 Å². The molecule has 1 aliphatic rings. The van der Waals surface area contributed by atoms with Gasteiger partial charge in [-0.1, -0.05) is 42.0 Å². The molecule has 0 aliphatic carbocycles. The number of methoxy groups -OCH3 is 1. The quantitative estimate of drug-likeness (QED) is 0.801. The van der Waals surface area contributed by atoms with Gasteiger partial charge in [0.1, 0.15) is 0 Å². The highest BCUT2D eigenvalue weighted by molar-refractivity contribution is 8.13. The first-order valence-corrected chi connectivity index (χ1v) is 9.03. The lowest BCUT2D eigenvalue weighted by Gasteiger charge is -2.09. The Morgan fingerprint density at radius 2 is 2.04 bits per heavy atom. The zero-order valence-electron chi connectivity index (χ0n) is 14.3. The first-order valence-electron chi connectivity index (χ1n) is 8.04. The summed E-state index contributed by atoms with van der Waals surface area (Å²) >= 11 is 1.66. The summed E-state index contributed by atoms with van der Waals surface area (Å²) in [5.74, 6) is 0.547. The number of benzene rings is 2. The molecule has 0 radical (unpaired) electrons. The second-order valence-corrected chi connectivity index (χ2v) is 6.79. The predicted octanol–water partition coefficient (Wildman–Crippen LogP) is 4.83. The highest BCUT2D eigenvalue weighted by Crippen LogP contribution is 2.31. The van der Waals surface area contributed by atoms with Gasteiger partial charge in [-0.05, 0) is 30.7 Å². The van der Waals surface area contributed by atoms with Crippen molar-refractivity contribution in [1.29, 1.82) is 0 Å². The molecule has 0 saturated carbocycles. The minimum absolute atomic E-state index is 0.189. The number of thioether (sulfide) groups is 1. The highest BCUT2D eigenvalue weighted by Gasteiger charge is 2.14. The van der Waals surface area contributed by atoms with Crippen LogP contribution >= 0.6 is 11.8 Å². The Kier molecular flexibility index (Phi) is 5.56. The third kappa shape index (κ3) is 4.73. The molecule has 1 N–H and O–H groups in total. The summed E-state index contributed by atoms with van der Waals surface area (Å²) in [5, 5.41) is 4.17. The van der Waals surface area contributed by atoms with E-state index >= 15 is 0 Å². The van der Waals surface area contributed by atoms with Crippen LogP contribution in [0.1, 0.15) is 17.5 Å². The van der Waals surface area contributed by atoms with Crippen molar-refractivity contribution >= 4 is 34.1 Å². The molecule has 0 atom stereocenters. The summed E-state index contributed by atoms with van der Waals surface area (Å²) < 4.78 is 4.79. The number of nitrogens with zero attached hydrogens (tertiary/aromatic N) is 1. The van der Waals surface area contributed by atoms with Gasteiger partial charge in [-0.3, -0.25) is 4.79 Å². The zero-order valence-corrected chi connectivity index (χ0v) is 15.1. The number of aryl methyl sites for hydroxylation is 1. The fraction of sp³-hybridized carbons (Fsp3) is 0.200. The molecule has 2 aromatic carbocycles. The number of aliphatic imine (C=N–C) groups is 1. The van der Waals surface area contributed by atoms with Crippen molar-refractivity contribution in [2.24, 2.45) is 4.99 Å². The Balaban J connectivity index is 1.84. The smallest absolute Gasteiger partial charge is 0.311 e. The molecule has 0 saturated heterocycles. The molecule has 2 aromatic rings. The average molecular weight is 352 g/mol. The summed E-state index contributed by atoms with van der Waals surface area (Å²) in [6.07, 6.45) is 2.12. The number of esters is 1. The van der Waals surface area contributed by atoms with Crippen molar-refractivity contribution in [2.45, 2.75) is 19.1 Å². The molecule has 25 heavy (non-hydrogen) atoms. The van der Waals surface area contributed by atoms with Gasteiger partial charge in [-0.15, -0.1) is 11.8 Å². The molecule has 128 valence electrons. The second-order valence-electron chi connectivity index (χ2n) is 5.79. The SMILES string of the molecule is COC(=O)CC1=CC(SCc2cccc(C)c2)=Nc2ccccc2N1. The number of rotatable bonds is 4. The Morgan fingerprint density at radius 3 is 2.84 bits per heavy atom. The molecule has 0 bridgehead atoms. The summed E-state index contributed by atoms with van der Waals surface area (Å²) in [7, 11) is 1.40. The van der Waals surface area contributed by atoms with Gasteiger partial charge < -0.3 is 10.1 Å². The zero-order chi connectivity index (χ0) is 17.6. The number of para-hydroxylation sites is 2. The van der Waals surface area contributed by atoms with Gasteiger partial charge in [0, 0.05) is 11.4 Å². The molecule has 0 fully saturated rings. The van der Waals surface area contributed by atoms with Gasteiger partial charge >= 0.3 is 5.97 Å². The van der Waals surface area contributed by atoms with Crippen LogP contribution in [0.2, 0.25) is 0 Å². The fourth-order valence-corrected chi connectivity index (χ4v) is 3.42. The minimum atomic E-state index is -0.277. The summed E-state index contributed by atoms with van der Waals surface area (Å²) in [5.41, 5.74) is 5.04. The molecule has 4 nitrogen and oxygen atoms in total. The maximum Gasteiger partial charge on any atom is 0.311 e. The molecule has 5 heteroatoms. The summed E-state index contributed by atoms with van der Waals surface area (Å²) in [4.78, 5) is 16.4. The van der Waals surface area contributed by atoms with E-state index in [1.54, 1.807) is 11.8 Å². The lowest BCUT2D eigenvalue weighted by Crippen LogP contribution is -2.08. The molecule has 0 amide bonds. The van der Waals surface area contributed by atoms with Gasteiger partial charge in [-0.25, -0.2) is 4.99 Å². The molecule has 0 spiro atoms. The Morgan fingerprint density at radius 1 is 1.20 bits per heavy atom. The van der Waals surface area contributed by atoms with E-state index in [-0.39, 0.29) is 12.4 Å². The van der Waals surface area contributed by atoms with Gasteiger partial charge in [0.25, 0.3) is 0 Å². The van der Waals surface area contributed by atoms with Crippen LogP contribution in [0.3, 0.4) is 0 Å². The first-order chi connectivity index (χ1) is 12.1. The van der Waals surface area contributed by atoms with Crippen molar-refractivity contribution < 1.29 is 9.53 Å². The highest BCUT2D eigenvalue weighted by atomic mass is 32.2. The monoisotopic (exact) mass is 352 g/mol. The lowest BCUT2D eigenvalue weighted by molar-refractivity contribution is -0.139. The number of fused-ring (bicyclic) bond motifs is 1. The van der Waals surface area contributed by atoms with Gasteiger partial charge in [0.05, 0.1) is 29.9 Å². The van der Waals surface area contributed by atoms with Gasteiger partial charge in [0.2, 0.25) is 0 Å². The van der Waals surface area contributed by atoms with Crippen molar-refractivity contribution in [3.8, 4) is 0 Å². The number of hydrogen-bond donors (Lipinski definition) is 1. The van der Waals surface area contributed by atoms with Crippen LogP contribution in [-0.4, -0.2) is 18.1 Å². The topological polar surface area (TPSA) is 50.7 Å². The van der Waals surface area contributed by atoms with E-state index < -0.39 is 0 Å². The van der Waals surface area contributed by atoms with Crippen LogP contribution in [0, 0.1) is 6.92 Å². The minimum Gasteiger partial charge on any atom is -0.469 e. The largest absolute Gasteiger partial charge is 0.469 e. The molecule has 0 aromatic heterocycles. The van der Waals surface area contributed by atoms with Crippen molar-refractivity contribution in [2.75, 3.05) is 12.4 Å². The third-order valence-corrected chi connectivity index (χ3v) is 4.74. The van der Waals surface area contributed by atoms with E-state index in [1.165, 1.54) is 18.2 Å². The van der Waals surface area contributed by atoms with E-state index in [4.69, 9.17) is 9.73 Å². The van der Waals surface area contributed by atoms with E-state index in [1.807, 2.05) is 30.3 Å². The number of carbonyl (C=O) groups is 1. The summed E-state index contributed by atoms with van der Waals surface area (Å²) in [6.45, 7) is 2.09. The maximum absolute atomic E-state index is 11.7. The predicted molar refractivity (Wildman–Crippen MR) is 104 cm³/mol. The number of anilines is 1. The summed E-state index contributed by atoms with van der Waals surface area (Å²) in [6, 6.07) is 16.3. The Hall–Kier alpha value is -2.53. The van der Waals surface area contributed by atoms with Gasteiger partial charge in [-0.2, -0.15) is 0 Å². The van der Waals surface area contributed by atoms with Crippen molar-refractivity contribution in [1.82, 2.24) is 0 Å². The van der Waals surface area contributed by atoms with E-state index in [9.17, 15) is 4.79 Å². The van der Waals surface area contributed by atoms with E-state index in [0.717, 1.165) is 27.9 Å². The van der Waals surface area contributed by atoms with Crippen LogP contribution in [-0.2, 0) is 15.3 Å². The molecule has 3 rings (SSSR count). The normalized spacial score (nSPS) is 13.0. The molecule has 1 aliphatic heterocycles. The van der Waals surface area contributed by atoms with Gasteiger partial charge in [0.15, 0.2) is 0 Å². The van der Waals surface area contributed by atoms with Crippen LogP contribution in [0.5, 0.6) is 0 Å². The number of carbonyl (C=O) groups excluding carboxylic acids is 1. The van der Waals surface area contributed by atoms with Crippen LogP contribution in [0.4, 0.5) is 11.4 Å². The second kappa shape index (κ2) is 8.03. The van der Waals surface area contributed by atoms with E-state index in [0.29, 0.717) is 0 Å². The van der Waals surface area contributed by atoms with Crippen LogP contribution in [0.25, 0.3) is 0 Å². The first kappa shape index (κ1) is 17.3. The maximum atomic E-state index is 11.7.